The molecule has 3 aromatic rings. The number of amides is 1. The van der Waals surface area contributed by atoms with E-state index in [2.05, 4.69) is 39.2 Å². The van der Waals surface area contributed by atoms with Crippen LogP contribution in [0.3, 0.4) is 0 Å². The summed E-state index contributed by atoms with van der Waals surface area (Å²) in [7, 11) is 0. The maximum Gasteiger partial charge on any atom is 0.272 e. The Balaban J connectivity index is 1.51. The zero-order valence-electron chi connectivity index (χ0n) is 14.0. The minimum absolute atomic E-state index is 0.00291. The van der Waals surface area contributed by atoms with E-state index in [0.29, 0.717) is 11.6 Å². The van der Waals surface area contributed by atoms with Crippen LogP contribution in [0.5, 0.6) is 0 Å². The number of benzene rings is 1. The number of aromatic nitrogens is 3. The van der Waals surface area contributed by atoms with Crippen molar-refractivity contribution in [2.75, 3.05) is 13.1 Å². The van der Waals surface area contributed by atoms with Crippen molar-refractivity contribution in [2.45, 2.75) is 19.3 Å². The lowest BCUT2D eigenvalue weighted by atomic mass is 9.90. The van der Waals surface area contributed by atoms with Crippen molar-refractivity contribution in [2.24, 2.45) is 5.92 Å². The Morgan fingerprint density at radius 2 is 2.04 bits per heavy atom. The van der Waals surface area contributed by atoms with E-state index in [1.165, 1.54) is 17.3 Å². The van der Waals surface area contributed by atoms with Crippen LogP contribution in [0.25, 0.3) is 10.9 Å². The number of hydrogen-bond donors (Lipinski definition) is 0. The molecule has 1 amide bonds. The van der Waals surface area contributed by atoms with Crippen molar-refractivity contribution < 1.29 is 4.79 Å². The fourth-order valence-corrected chi connectivity index (χ4v) is 3.64. The molecule has 1 fully saturated rings. The lowest BCUT2D eigenvalue weighted by Crippen LogP contribution is -2.40. The Bertz CT molecular complexity index is 876. The van der Waals surface area contributed by atoms with Crippen LogP contribution in [0.4, 0.5) is 0 Å². The second-order valence-corrected chi connectivity index (χ2v) is 6.55. The van der Waals surface area contributed by atoms with Crippen molar-refractivity contribution in [1.82, 2.24) is 19.9 Å². The van der Waals surface area contributed by atoms with Gasteiger partial charge in [-0.15, -0.1) is 0 Å². The van der Waals surface area contributed by atoms with Gasteiger partial charge in [-0.25, -0.2) is 9.97 Å². The smallest absolute Gasteiger partial charge is 0.272 e. The molecule has 0 saturated carbocycles. The van der Waals surface area contributed by atoms with Gasteiger partial charge in [0, 0.05) is 30.9 Å². The molecule has 1 atom stereocenters. The number of carbonyl (C=O) groups is 1. The third kappa shape index (κ3) is 3.36. The zero-order chi connectivity index (χ0) is 17.1. The van der Waals surface area contributed by atoms with Crippen LogP contribution < -0.4 is 0 Å². The normalized spacial score (nSPS) is 17.6. The predicted molar refractivity (Wildman–Crippen MR) is 96.1 cm³/mol. The zero-order valence-corrected chi connectivity index (χ0v) is 14.0. The van der Waals surface area contributed by atoms with E-state index in [1.807, 2.05) is 17.2 Å². The highest BCUT2D eigenvalue weighted by atomic mass is 16.2. The van der Waals surface area contributed by atoms with Gasteiger partial charge in [-0.1, -0.05) is 24.3 Å². The molecule has 126 valence electrons. The quantitative estimate of drug-likeness (QED) is 0.739. The summed E-state index contributed by atoms with van der Waals surface area (Å²) in [6.07, 6.45) is 8.00. The molecular weight excluding hydrogens is 312 g/mol. The molecule has 0 radical (unpaired) electrons. The van der Waals surface area contributed by atoms with Gasteiger partial charge in [0.25, 0.3) is 5.91 Å². The van der Waals surface area contributed by atoms with Crippen LogP contribution in [-0.2, 0) is 6.42 Å². The maximum atomic E-state index is 12.6. The van der Waals surface area contributed by atoms with Crippen LogP contribution in [-0.4, -0.2) is 38.8 Å². The molecule has 0 aliphatic carbocycles. The summed E-state index contributed by atoms with van der Waals surface area (Å²) in [5, 5.41) is 1.17. The fraction of sp³-hybridized carbons (Fsp3) is 0.300. The van der Waals surface area contributed by atoms with Gasteiger partial charge in [0.2, 0.25) is 0 Å². The van der Waals surface area contributed by atoms with E-state index >= 15 is 0 Å². The summed E-state index contributed by atoms with van der Waals surface area (Å²) >= 11 is 0. The number of carbonyl (C=O) groups excluding carboxylic acids is 1. The monoisotopic (exact) mass is 332 g/mol. The Morgan fingerprint density at radius 3 is 2.92 bits per heavy atom. The van der Waals surface area contributed by atoms with Gasteiger partial charge in [0.15, 0.2) is 0 Å². The highest BCUT2D eigenvalue weighted by Crippen LogP contribution is 2.25. The summed E-state index contributed by atoms with van der Waals surface area (Å²) in [5.74, 6) is 0.454. The number of nitrogens with zero attached hydrogens (tertiary/aromatic N) is 4. The van der Waals surface area contributed by atoms with Gasteiger partial charge in [-0.05, 0) is 42.9 Å². The average molecular weight is 332 g/mol. The second kappa shape index (κ2) is 6.97. The van der Waals surface area contributed by atoms with Crippen molar-refractivity contribution >= 4 is 16.8 Å². The van der Waals surface area contributed by atoms with E-state index in [-0.39, 0.29) is 5.91 Å². The van der Waals surface area contributed by atoms with Crippen LogP contribution in [0.1, 0.15) is 28.9 Å². The first-order valence-corrected chi connectivity index (χ1v) is 8.69. The summed E-state index contributed by atoms with van der Waals surface area (Å²) in [6, 6.07) is 12.1. The first-order valence-electron chi connectivity index (χ1n) is 8.69. The van der Waals surface area contributed by atoms with E-state index in [4.69, 9.17) is 0 Å². The SMILES string of the molecule is O=C(c1ccncn1)N1CCC[C@@H](Cc2cccc3cccnc23)C1. The molecule has 1 aromatic carbocycles. The molecule has 2 aromatic heterocycles. The maximum absolute atomic E-state index is 12.6. The fourth-order valence-electron chi connectivity index (χ4n) is 3.64. The third-order valence-corrected chi connectivity index (χ3v) is 4.83. The average Bonchev–Trinajstić information content (AvgIpc) is 2.69. The molecule has 5 heteroatoms. The van der Waals surface area contributed by atoms with Gasteiger partial charge in [-0.2, -0.15) is 0 Å². The number of pyridine rings is 1. The molecule has 0 spiro atoms. The van der Waals surface area contributed by atoms with E-state index in [0.717, 1.165) is 37.9 Å². The Kier molecular flexibility index (Phi) is 4.37. The number of likely N-dealkylation sites (tertiary alicyclic amines) is 1. The molecule has 5 nitrogen and oxygen atoms in total. The Hall–Kier alpha value is -2.82. The molecule has 1 saturated heterocycles. The molecule has 0 N–H and O–H groups in total. The summed E-state index contributed by atoms with van der Waals surface area (Å²) in [4.78, 5) is 27.1. The largest absolute Gasteiger partial charge is 0.337 e. The second-order valence-electron chi connectivity index (χ2n) is 6.55. The van der Waals surface area contributed by atoms with Crippen molar-refractivity contribution in [3.05, 3.63) is 66.4 Å². The van der Waals surface area contributed by atoms with Gasteiger partial charge in [-0.3, -0.25) is 9.78 Å². The molecule has 0 bridgehead atoms. The van der Waals surface area contributed by atoms with Crippen molar-refractivity contribution in [1.29, 1.82) is 0 Å². The van der Waals surface area contributed by atoms with Crippen LogP contribution in [0, 0.1) is 5.92 Å². The highest BCUT2D eigenvalue weighted by Gasteiger charge is 2.25. The molecule has 1 aliphatic heterocycles. The Morgan fingerprint density at radius 1 is 1.12 bits per heavy atom. The van der Waals surface area contributed by atoms with E-state index < -0.39 is 0 Å². The molecule has 25 heavy (non-hydrogen) atoms. The molecule has 0 unspecified atom stereocenters. The molecule has 1 aliphatic rings. The summed E-state index contributed by atoms with van der Waals surface area (Å²) in [5.41, 5.74) is 2.81. The van der Waals surface area contributed by atoms with Gasteiger partial charge >= 0.3 is 0 Å². The third-order valence-electron chi connectivity index (χ3n) is 4.83. The molecular formula is C20H20N4O. The number of fused-ring (bicyclic) bond motifs is 1. The van der Waals surface area contributed by atoms with Crippen LogP contribution in [0.15, 0.2) is 55.1 Å². The number of para-hydroxylation sites is 1. The minimum Gasteiger partial charge on any atom is -0.337 e. The lowest BCUT2D eigenvalue weighted by molar-refractivity contribution is 0.0667. The standard InChI is InChI=1S/C20H20N4O/c25-20(18-8-10-21-14-23-18)24-11-3-4-15(13-24)12-17-6-1-5-16-7-2-9-22-19(16)17/h1-2,5-10,14-15H,3-4,11-13H2/t15-/m0/s1. The first kappa shape index (κ1) is 15.7. The number of hydrogen-bond acceptors (Lipinski definition) is 4. The van der Waals surface area contributed by atoms with Gasteiger partial charge < -0.3 is 4.90 Å². The van der Waals surface area contributed by atoms with Gasteiger partial charge in [0.1, 0.15) is 12.0 Å². The Labute approximate surface area is 146 Å². The molecule has 3 heterocycles. The topological polar surface area (TPSA) is 59.0 Å². The summed E-state index contributed by atoms with van der Waals surface area (Å²) < 4.78 is 0. The number of piperidine rings is 1. The predicted octanol–water partition coefficient (Wildman–Crippen LogP) is 3.12. The van der Waals surface area contributed by atoms with E-state index in [9.17, 15) is 4.79 Å². The number of rotatable bonds is 3. The van der Waals surface area contributed by atoms with Crippen LogP contribution in [0.2, 0.25) is 0 Å². The summed E-state index contributed by atoms with van der Waals surface area (Å²) in [6.45, 7) is 1.57. The van der Waals surface area contributed by atoms with Crippen molar-refractivity contribution in [3.8, 4) is 0 Å². The molecule has 4 rings (SSSR count). The lowest BCUT2D eigenvalue weighted by Gasteiger charge is -2.32. The van der Waals surface area contributed by atoms with Crippen molar-refractivity contribution in [3.63, 3.8) is 0 Å². The first-order chi connectivity index (χ1) is 12.3. The van der Waals surface area contributed by atoms with Crippen LogP contribution >= 0.6 is 0 Å². The highest BCUT2D eigenvalue weighted by molar-refractivity contribution is 5.92. The van der Waals surface area contributed by atoms with E-state index in [1.54, 1.807) is 12.3 Å². The van der Waals surface area contributed by atoms with Gasteiger partial charge in [0.05, 0.1) is 5.52 Å². The minimum atomic E-state index is 0.00291.